The highest BCUT2D eigenvalue weighted by Gasteiger charge is 2.28. The van der Waals surface area contributed by atoms with Crippen LogP contribution in [-0.4, -0.2) is 14.3 Å². The molecule has 0 saturated carbocycles. The van der Waals surface area contributed by atoms with Gasteiger partial charge in [0, 0.05) is 19.2 Å². The molecule has 4 aromatic rings. The molecule has 0 radical (unpaired) electrons. The molecule has 0 aliphatic carbocycles. The number of para-hydroxylation sites is 1. The maximum absolute atomic E-state index is 13.2. The molecule has 0 aliphatic rings. The first kappa shape index (κ1) is 18.2. The normalized spacial score (nSPS) is 11.0. The number of aromatic nitrogens is 4. The van der Waals surface area contributed by atoms with Gasteiger partial charge < -0.3 is 4.52 Å². The third kappa shape index (κ3) is 2.87. The minimum absolute atomic E-state index is 0.138. The van der Waals surface area contributed by atoms with Gasteiger partial charge in [0.25, 0.3) is 22.6 Å². The van der Waals surface area contributed by atoms with Crippen LogP contribution in [0.25, 0.3) is 22.6 Å². The van der Waals surface area contributed by atoms with Crippen LogP contribution in [0.2, 0.25) is 0 Å². The molecular weight excluding hydrogens is 376 g/mol. The van der Waals surface area contributed by atoms with Crippen LogP contribution >= 0.6 is 0 Å². The van der Waals surface area contributed by atoms with Gasteiger partial charge in [0.1, 0.15) is 5.69 Å². The van der Waals surface area contributed by atoms with Crippen molar-refractivity contribution >= 4 is 5.69 Å². The van der Waals surface area contributed by atoms with Crippen molar-refractivity contribution in [3.05, 3.63) is 86.3 Å². The summed E-state index contributed by atoms with van der Waals surface area (Å²) in [6.45, 7) is 1.75. The van der Waals surface area contributed by atoms with Gasteiger partial charge in [0.15, 0.2) is 0 Å². The lowest BCUT2D eigenvalue weighted by Crippen LogP contribution is -2.43. The maximum Gasteiger partial charge on any atom is 0.343 e. The molecule has 4 rings (SSSR count). The Hall–Kier alpha value is -4.21. The third-order valence-electron chi connectivity index (χ3n) is 4.71. The lowest BCUT2D eigenvalue weighted by Gasteiger charge is -2.06. The first-order chi connectivity index (χ1) is 13.9. The van der Waals surface area contributed by atoms with E-state index in [1.165, 1.54) is 27.6 Å². The van der Waals surface area contributed by atoms with Crippen LogP contribution in [0.15, 0.2) is 63.9 Å². The summed E-state index contributed by atoms with van der Waals surface area (Å²) in [4.78, 5) is 23.9. The second-order valence-electron chi connectivity index (χ2n) is 6.38. The molecule has 2 aromatic heterocycles. The Morgan fingerprint density at radius 1 is 1.17 bits per heavy atom. The molecule has 0 aliphatic heterocycles. The number of nitrogens with zero attached hydrogens (tertiary/aromatic N) is 5. The molecule has 0 amide bonds. The van der Waals surface area contributed by atoms with Crippen molar-refractivity contribution in [3.8, 4) is 22.6 Å². The molecule has 0 fully saturated rings. The number of benzene rings is 2. The molecule has 29 heavy (non-hydrogen) atoms. The maximum atomic E-state index is 13.2. The summed E-state index contributed by atoms with van der Waals surface area (Å²) in [5.74, 6) is 0. The van der Waals surface area contributed by atoms with E-state index in [9.17, 15) is 14.9 Å². The van der Waals surface area contributed by atoms with Crippen LogP contribution in [0.4, 0.5) is 5.69 Å². The highest BCUT2D eigenvalue weighted by molar-refractivity contribution is 5.59. The molecule has 0 atom stereocenters. The molecule has 10 heteroatoms. The summed E-state index contributed by atoms with van der Waals surface area (Å²) in [5.41, 5.74) is 1.14. The van der Waals surface area contributed by atoms with E-state index in [-0.39, 0.29) is 28.2 Å². The Balaban J connectivity index is 1.98. The largest absolute Gasteiger partial charge is 0.486 e. The molecular formula is C19H16N6O4. The number of nitrogens with one attached hydrogen (secondary N) is 1. The number of hydrogen-bond acceptors (Lipinski definition) is 5. The predicted molar refractivity (Wildman–Crippen MR) is 101 cm³/mol. The average Bonchev–Trinajstić information content (AvgIpc) is 3.19. The zero-order valence-corrected chi connectivity index (χ0v) is 15.6. The number of nitro groups is 1. The fourth-order valence-electron chi connectivity index (χ4n) is 3.23. The van der Waals surface area contributed by atoms with E-state index in [4.69, 9.17) is 9.93 Å². The summed E-state index contributed by atoms with van der Waals surface area (Å²) in [5, 5.41) is 23.1. The minimum Gasteiger partial charge on any atom is -0.486 e. The van der Waals surface area contributed by atoms with Crippen molar-refractivity contribution in [3.63, 3.8) is 0 Å². The smallest absolute Gasteiger partial charge is 0.343 e. The molecule has 2 heterocycles. The Morgan fingerprint density at radius 2 is 1.90 bits per heavy atom. The standard InChI is InChI=1S/C19H16N6O4/c1-12-16(19(26)24(22(12)2)14-8-4-3-5-9-14)23-17(18(20)29-21-23)13-7-6-10-15(11-13)25(27)28/h3-11,20H,1-2H3. The van der Waals surface area contributed by atoms with Crippen LogP contribution < -0.4 is 21.1 Å². The quantitative estimate of drug-likeness (QED) is 0.319. The highest BCUT2D eigenvalue weighted by Crippen LogP contribution is 2.20. The zero-order valence-electron chi connectivity index (χ0n) is 15.6. The van der Waals surface area contributed by atoms with Gasteiger partial charge in [-0.25, -0.2) is 9.95 Å². The molecule has 0 bridgehead atoms. The number of rotatable bonds is 4. The fourth-order valence-corrected chi connectivity index (χ4v) is 3.23. The third-order valence-corrected chi connectivity index (χ3v) is 4.71. The molecule has 0 unspecified atom stereocenters. The van der Waals surface area contributed by atoms with Gasteiger partial charge in [0.05, 0.1) is 16.2 Å². The summed E-state index contributed by atoms with van der Waals surface area (Å²) < 4.78 is 9.40. The monoisotopic (exact) mass is 392 g/mol. The lowest BCUT2D eigenvalue weighted by atomic mass is 10.1. The predicted octanol–water partition coefficient (Wildman–Crippen LogP) is 1.37. The first-order valence-electron chi connectivity index (χ1n) is 8.63. The van der Waals surface area contributed by atoms with Crippen molar-refractivity contribution < 1.29 is 14.1 Å². The van der Waals surface area contributed by atoms with Crippen LogP contribution in [-0.2, 0) is 7.05 Å². The molecule has 0 spiro atoms. The molecule has 2 aromatic carbocycles. The van der Waals surface area contributed by atoms with Crippen molar-refractivity contribution in [2.45, 2.75) is 6.92 Å². The Bertz CT molecular complexity index is 1340. The summed E-state index contributed by atoms with van der Waals surface area (Å²) in [7, 11) is 1.74. The van der Waals surface area contributed by atoms with Crippen molar-refractivity contribution in [2.24, 2.45) is 7.05 Å². The van der Waals surface area contributed by atoms with E-state index in [0.717, 1.165) is 0 Å². The zero-order chi connectivity index (χ0) is 20.7. The summed E-state index contributed by atoms with van der Waals surface area (Å²) in [6, 6.07) is 14.9. The molecule has 10 nitrogen and oxygen atoms in total. The summed E-state index contributed by atoms with van der Waals surface area (Å²) in [6.07, 6.45) is 0. The number of non-ortho nitro benzene ring substituents is 1. The first-order valence-corrected chi connectivity index (χ1v) is 8.63. The minimum atomic E-state index is -0.527. The molecule has 146 valence electrons. The summed E-state index contributed by atoms with van der Waals surface area (Å²) >= 11 is 0. The van der Waals surface area contributed by atoms with Crippen molar-refractivity contribution in [1.29, 1.82) is 5.41 Å². The van der Waals surface area contributed by atoms with E-state index in [1.54, 1.807) is 36.9 Å². The van der Waals surface area contributed by atoms with E-state index in [2.05, 4.69) is 5.27 Å². The van der Waals surface area contributed by atoms with Gasteiger partial charge in [0.2, 0.25) is 0 Å². The highest BCUT2D eigenvalue weighted by atomic mass is 16.6. The van der Waals surface area contributed by atoms with Gasteiger partial charge in [-0.2, -0.15) is 4.68 Å². The Kier molecular flexibility index (Phi) is 4.23. The second-order valence-corrected chi connectivity index (χ2v) is 6.38. The SMILES string of the molecule is Cc1c(-[n+]2[n-]oc(=N)c2-c2cccc([N+](=O)[O-])c2)c(=O)n(-c2ccccc2)n1C. The average molecular weight is 392 g/mol. The second kappa shape index (κ2) is 6.75. The van der Waals surface area contributed by atoms with Crippen LogP contribution in [0, 0.1) is 22.4 Å². The van der Waals surface area contributed by atoms with E-state index >= 15 is 0 Å². The lowest BCUT2D eigenvalue weighted by molar-refractivity contribution is -0.667. The van der Waals surface area contributed by atoms with Gasteiger partial charge in [-0.05, 0) is 25.1 Å². The molecule has 1 N–H and O–H groups in total. The Morgan fingerprint density at radius 3 is 2.59 bits per heavy atom. The van der Waals surface area contributed by atoms with Gasteiger partial charge >= 0.3 is 5.56 Å². The van der Waals surface area contributed by atoms with Crippen LogP contribution in [0.1, 0.15) is 5.69 Å². The topological polar surface area (TPSA) is 125 Å². The van der Waals surface area contributed by atoms with E-state index in [0.29, 0.717) is 16.9 Å². The number of nitro benzene ring substituents is 1. The van der Waals surface area contributed by atoms with Crippen LogP contribution in [0.3, 0.4) is 0 Å². The fraction of sp³-hybridized carbons (Fsp3) is 0.105. The van der Waals surface area contributed by atoms with Crippen molar-refractivity contribution in [2.75, 3.05) is 0 Å². The van der Waals surface area contributed by atoms with Gasteiger partial charge in [-0.15, -0.1) is 0 Å². The van der Waals surface area contributed by atoms with Gasteiger partial charge in [-0.3, -0.25) is 25.0 Å². The Labute approximate surface area is 163 Å². The van der Waals surface area contributed by atoms with Crippen molar-refractivity contribution in [1.82, 2.24) is 14.6 Å². The van der Waals surface area contributed by atoms with Crippen LogP contribution in [0.5, 0.6) is 0 Å². The number of hydrogen-bond donors (Lipinski definition) is 1. The van der Waals surface area contributed by atoms with E-state index < -0.39 is 4.92 Å². The van der Waals surface area contributed by atoms with Gasteiger partial charge in [-0.1, -0.05) is 24.3 Å². The molecule has 0 saturated heterocycles. The van der Waals surface area contributed by atoms with E-state index in [1.807, 2.05) is 18.2 Å².